The number of rotatable bonds is 4. The first-order valence-corrected chi connectivity index (χ1v) is 6.21. The Morgan fingerprint density at radius 2 is 1.84 bits per heavy atom. The van der Waals surface area contributed by atoms with Crippen molar-refractivity contribution in [2.75, 3.05) is 5.32 Å². The number of hydrogen-bond acceptors (Lipinski definition) is 3. The molecule has 1 aromatic heterocycles. The highest BCUT2D eigenvalue weighted by atomic mass is 16.1. The molecule has 0 aliphatic heterocycles. The number of carbonyl (C=O) groups excluding carboxylic acids is 1. The van der Waals surface area contributed by atoms with E-state index in [1.807, 2.05) is 43.3 Å². The topological polar surface area (TPSA) is 68.0 Å². The molecule has 98 valence electrons. The monoisotopic (exact) mass is 255 g/mol. The molecule has 1 aromatic carbocycles. The second-order valence-electron chi connectivity index (χ2n) is 4.43. The minimum absolute atomic E-state index is 0.130. The van der Waals surface area contributed by atoms with Gasteiger partial charge in [0, 0.05) is 12.2 Å². The Kier molecular flexibility index (Phi) is 4.26. The highest BCUT2D eigenvalue weighted by Gasteiger charge is 2.22. The van der Waals surface area contributed by atoms with E-state index in [-0.39, 0.29) is 17.9 Å². The van der Waals surface area contributed by atoms with Gasteiger partial charge in [-0.2, -0.15) is 0 Å². The van der Waals surface area contributed by atoms with Crippen LogP contribution < -0.4 is 11.1 Å². The lowest BCUT2D eigenvalue weighted by Crippen LogP contribution is -2.30. The molecule has 2 unspecified atom stereocenters. The van der Waals surface area contributed by atoms with Gasteiger partial charge in [0.05, 0.1) is 5.92 Å². The van der Waals surface area contributed by atoms with E-state index >= 15 is 0 Å². The predicted octanol–water partition coefficient (Wildman–Crippen LogP) is 2.36. The number of pyridine rings is 1. The first kappa shape index (κ1) is 13.2. The molecule has 1 amide bonds. The van der Waals surface area contributed by atoms with Crippen LogP contribution in [0.3, 0.4) is 0 Å². The second kappa shape index (κ2) is 6.11. The van der Waals surface area contributed by atoms with Gasteiger partial charge in [0.2, 0.25) is 5.91 Å². The highest BCUT2D eigenvalue weighted by molar-refractivity contribution is 5.91. The van der Waals surface area contributed by atoms with Gasteiger partial charge in [-0.25, -0.2) is 4.98 Å². The molecule has 0 fully saturated rings. The number of amides is 1. The number of nitrogens with zero attached hydrogens (tertiary/aromatic N) is 1. The summed E-state index contributed by atoms with van der Waals surface area (Å²) in [5.74, 6) is 0.0825. The van der Waals surface area contributed by atoms with Crippen LogP contribution >= 0.6 is 0 Å². The van der Waals surface area contributed by atoms with Gasteiger partial charge in [0.1, 0.15) is 5.82 Å². The largest absolute Gasteiger partial charge is 0.323 e. The summed E-state index contributed by atoms with van der Waals surface area (Å²) in [7, 11) is 0. The average Bonchev–Trinajstić information content (AvgIpc) is 2.47. The van der Waals surface area contributed by atoms with Crippen molar-refractivity contribution in [3.63, 3.8) is 0 Å². The van der Waals surface area contributed by atoms with E-state index in [0.29, 0.717) is 5.82 Å². The summed E-state index contributed by atoms with van der Waals surface area (Å²) in [4.78, 5) is 16.2. The summed E-state index contributed by atoms with van der Waals surface area (Å²) < 4.78 is 0. The molecule has 0 aliphatic carbocycles. The van der Waals surface area contributed by atoms with Gasteiger partial charge in [0.25, 0.3) is 0 Å². The molecule has 2 aromatic rings. The van der Waals surface area contributed by atoms with Crippen molar-refractivity contribution >= 4 is 11.7 Å². The molecule has 0 radical (unpaired) electrons. The van der Waals surface area contributed by atoms with Gasteiger partial charge in [-0.15, -0.1) is 0 Å². The molecular weight excluding hydrogens is 238 g/mol. The summed E-state index contributed by atoms with van der Waals surface area (Å²) >= 11 is 0. The van der Waals surface area contributed by atoms with Gasteiger partial charge < -0.3 is 11.1 Å². The Morgan fingerprint density at radius 1 is 1.16 bits per heavy atom. The molecule has 19 heavy (non-hydrogen) atoms. The van der Waals surface area contributed by atoms with E-state index in [4.69, 9.17) is 5.73 Å². The third kappa shape index (κ3) is 3.39. The summed E-state index contributed by atoms with van der Waals surface area (Å²) in [5, 5.41) is 2.76. The minimum atomic E-state index is -0.329. The van der Waals surface area contributed by atoms with Gasteiger partial charge in [-0.1, -0.05) is 43.3 Å². The average molecular weight is 255 g/mol. The molecule has 0 saturated carbocycles. The molecular formula is C15H17N3O. The Bertz CT molecular complexity index is 528. The summed E-state index contributed by atoms with van der Waals surface area (Å²) in [6, 6.07) is 14.7. The van der Waals surface area contributed by atoms with Crippen molar-refractivity contribution in [3.05, 3.63) is 60.3 Å². The van der Waals surface area contributed by atoms with Crippen molar-refractivity contribution in [1.82, 2.24) is 4.98 Å². The van der Waals surface area contributed by atoms with Crippen molar-refractivity contribution in [2.45, 2.75) is 13.0 Å². The predicted molar refractivity (Wildman–Crippen MR) is 75.4 cm³/mol. The van der Waals surface area contributed by atoms with Crippen molar-refractivity contribution in [3.8, 4) is 0 Å². The maximum absolute atomic E-state index is 12.1. The Labute approximate surface area is 112 Å². The molecule has 0 bridgehead atoms. The maximum Gasteiger partial charge on any atom is 0.230 e. The number of nitrogens with two attached hydrogens (primary N) is 1. The summed E-state index contributed by atoms with van der Waals surface area (Å²) in [6.07, 6.45) is 1.64. The van der Waals surface area contributed by atoms with Crippen molar-refractivity contribution < 1.29 is 4.79 Å². The highest BCUT2D eigenvalue weighted by Crippen LogP contribution is 2.20. The number of nitrogens with one attached hydrogen (secondary N) is 1. The quantitative estimate of drug-likeness (QED) is 0.881. The van der Waals surface area contributed by atoms with Crippen LogP contribution in [-0.2, 0) is 4.79 Å². The molecule has 0 saturated heterocycles. The van der Waals surface area contributed by atoms with Crippen LogP contribution in [0.1, 0.15) is 18.5 Å². The number of carbonyl (C=O) groups is 1. The van der Waals surface area contributed by atoms with E-state index in [1.165, 1.54) is 0 Å². The van der Waals surface area contributed by atoms with Crippen LogP contribution in [0.15, 0.2) is 54.7 Å². The smallest absolute Gasteiger partial charge is 0.230 e. The lowest BCUT2D eigenvalue weighted by molar-refractivity contribution is -0.120. The number of benzene rings is 1. The zero-order valence-corrected chi connectivity index (χ0v) is 10.8. The molecule has 0 aliphatic rings. The Balaban J connectivity index is 2.03. The number of aromatic nitrogens is 1. The van der Waals surface area contributed by atoms with Crippen LogP contribution in [0.4, 0.5) is 5.82 Å². The molecule has 4 nitrogen and oxygen atoms in total. The molecule has 4 heteroatoms. The van der Waals surface area contributed by atoms with E-state index in [1.54, 1.807) is 18.3 Å². The Hall–Kier alpha value is -2.20. The van der Waals surface area contributed by atoms with E-state index in [2.05, 4.69) is 10.3 Å². The van der Waals surface area contributed by atoms with Crippen molar-refractivity contribution in [2.24, 2.45) is 11.7 Å². The summed E-state index contributed by atoms with van der Waals surface area (Å²) in [5.41, 5.74) is 7.06. The third-order valence-electron chi connectivity index (χ3n) is 3.05. The zero-order valence-electron chi connectivity index (χ0n) is 10.8. The normalized spacial score (nSPS) is 13.6. The molecule has 2 atom stereocenters. The first-order valence-electron chi connectivity index (χ1n) is 6.21. The van der Waals surface area contributed by atoms with Crippen molar-refractivity contribution in [1.29, 1.82) is 0 Å². The van der Waals surface area contributed by atoms with Gasteiger partial charge in [0.15, 0.2) is 0 Å². The van der Waals surface area contributed by atoms with Gasteiger partial charge in [-0.05, 0) is 17.7 Å². The Morgan fingerprint density at radius 3 is 2.47 bits per heavy atom. The SMILES string of the molecule is CC(C(=O)Nc1ccccn1)C(N)c1ccccc1. The lowest BCUT2D eigenvalue weighted by atomic mass is 9.95. The van der Waals surface area contributed by atoms with E-state index < -0.39 is 0 Å². The van der Waals surface area contributed by atoms with Gasteiger partial charge >= 0.3 is 0 Å². The zero-order chi connectivity index (χ0) is 13.7. The molecule has 1 heterocycles. The minimum Gasteiger partial charge on any atom is -0.323 e. The molecule has 3 N–H and O–H groups in total. The fraction of sp³-hybridized carbons (Fsp3) is 0.200. The molecule has 0 spiro atoms. The lowest BCUT2D eigenvalue weighted by Gasteiger charge is -2.19. The van der Waals surface area contributed by atoms with Gasteiger partial charge in [-0.3, -0.25) is 4.79 Å². The standard InChI is InChI=1S/C15H17N3O/c1-11(14(16)12-7-3-2-4-8-12)15(19)18-13-9-5-6-10-17-13/h2-11,14H,16H2,1H3,(H,17,18,19). The maximum atomic E-state index is 12.1. The molecule has 2 rings (SSSR count). The van der Waals surface area contributed by atoms with E-state index in [0.717, 1.165) is 5.56 Å². The summed E-state index contributed by atoms with van der Waals surface area (Å²) in [6.45, 7) is 1.82. The van der Waals surface area contributed by atoms with Crippen LogP contribution in [-0.4, -0.2) is 10.9 Å². The number of hydrogen-bond donors (Lipinski definition) is 2. The fourth-order valence-electron chi connectivity index (χ4n) is 1.80. The number of anilines is 1. The first-order chi connectivity index (χ1) is 9.18. The third-order valence-corrected chi connectivity index (χ3v) is 3.05. The van der Waals surface area contributed by atoms with Crippen LogP contribution in [0, 0.1) is 5.92 Å². The second-order valence-corrected chi connectivity index (χ2v) is 4.43. The van der Waals surface area contributed by atoms with E-state index in [9.17, 15) is 4.79 Å². The van der Waals surface area contributed by atoms with Crippen LogP contribution in [0.2, 0.25) is 0 Å². The van der Waals surface area contributed by atoms with Crippen LogP contribution in [0.25, 0.3) is 0 Å². The fourth-order valence-corrected chi connectivity index (χ4v) is 1.80. The van der Waals surface area contributed by atoms with Crippen LogP contribution in [0.5, 0.6) is 0 Å².